The summed E-state index contributed by atoms with van der Waals surface area (Å²) in [5.74, 6) is 4.22. The maximum absolute atomic E-state index is 5.57. The first-order valence-corrected chi connectivity index (χ1v) is 12.3. The maximum atomic E-state index is 5.57. The van der Waals surface area contributed by atoms with Crippen molar-refractivity contribution in [3.63, 3.8) is 0 Å². The number of para-hydroxylation sites is 2. The van der Waals surface area contributed by atoms with Crippen molar-refractivity contribution >= 4 is 11.5 Å². The zero-order valence-corrected chi connectivity index (χ0v) is 20.5. The van der Waals surface area contributed by atoms with Crippen molar-refractivity contribution in [3.05, 3.63) is 47.5 Å². The largest absolute Gasteiger partial charge is 0.495 e. The van der Waals surface area contributed by atoms with Gasteiger partial charge in [-0.2, -0.15) is 0 Å². The smallest absolute Gasteiger partial charge is 0.161 e. The van der Waals surface area contributed by atoms with Crippen LogP contribution in [0.5, 0.6) is 17.2 Å². The Bertz CT molecular complexity index is 1030. The zero-order valence-electron chi connectivity index (χ0n) is 20.5. The Morgan fingerprint density at radius 2 is 1.68 bits per heavy atom. The molecule has 34 heavy (non-hydrogen) atoms. The van der Waals surface area contributed by atoms with Gasteiger partial charge in [0.05, 0.1) is 39.4 Å². The normalized spacial score (nSPS) is 23.3. The molecular weight excluding hydrogens is 428 g/mol. The molecule has 0 spiro atoms. The van der Waals surface area contributed by atoms with Crippen LogP contribution in [-0.2, 0) is 6.42 Å². The fraction of sp³-hybridized carbons (Fsp3) is 0.519. The molecule has 3 aliphatic rings. The fourth-order valence-corrected chi connectivity index (χ4v) is 5.67. The molecule has 1 aliphatic carbocycles. The molecule has 1 N–H and O–H groups in total. The number of ether oxygens (including phenoxy) is 3. The van der Waals surface area contributed by atoms with Crippen LogP contribution in [0.4, 0.5) is 5.69 Å². The topological polar surface area (TPSA) is 58.6 Å². The van der Waals surface area contributed by atoms with Crippen molar-refractivity contribution in [2.45, 2.75) is 31.2 Å². The third-order valence-corrected chi connectivity index (χ3v) is 7.54. The minimum atomic E-state index is 0.465. The number of aliphatic imine (C=N–C) groups is 1. The Hall–Kier alpha value is -2.93. The van der Waals surface area contributed by atoms with E-state index >= 15 is 0 Å². The minimum absolute atomic E-state index is 0.465. The summed E-state index contributed by atoms with van der Waals surface area (Å²) >= 11 is 0. The first-order chi connectivity index (χ1) is 16.7. The number of rotatable bonds is 7. The Morgan fingerprint density at radius 1 is 0.941 bits per heavy atom. The molecule has 0 radical (unpaired) electrons. The van der Waals surface area contributed by atoms with Crippen LogP contribution in [0.2, 0.25) is 0 Å². The number of anilines is 1. The molecule has 0 bridgehead atoms. The molecule has 0 saturated carbocycles. The third kappa shape index (κ3) is 4.53. The van der Waals surface area contributed by atoms with E-state index in [4.69, 9.17) is 19.2 Å². The van der Waals surface area contributed by atoms with Crippen molar-refractivity contribution < 1.29 is 14.2 Å². The summed E-state index contributed by atoms with van der Waals surface area (Å²) in [7, 11) is 5.16. The van der Waals surface area contributed by atoms with E-state index < -0.39 is 0 Å². The van der Waals surface area contributed by atoms with Gasteiger partial charge in [0.15, 0.2) is 11.5 Å². The maximum Gasteiger partial charge on any atom is 0.161 e. The Kier molecular flexibility index (Phi) is 6.81. The van der Waals surface area contributed by atoms with Gasteiger partial charge in [-0.1, -0.05) is 12.1 Å². The number of amidine groups is 1. The highest BCUT2D eigenvalue weighted by Gasteiger charge is 2.37. The second-order valence-corrected chi connectivity index (χ2v) is 9.34. The monoisotopic (exact) mass is 464 g/mol. The second kappa shape index (κ2) is 10.1. The fourth-order valence-electron chi connectivity index (χ4n) is 5.67. The lowest BCUT2D eigenvalue weighted by Crippen LogP contribution is -2.47. The minimum Gasteiger partial charge on any atom is -0.495 e. The van der Waals surface area contributed by atoms with Gasteiger partial charge >= 0.3 is 0 Å². The molecule has 0 amide bonds. The van der Waals surface area contributed by atoms with E-state index in [1.54, 1.807) is 21.3 Å². The van der Waals surface area contributed by atoms with Crippen molar-refractivity contribution in [1.82, 2.24) is 10.2 Å². The molecule has 182 valence electrons. The number of fused-ring (bicyclic) bond motifs is 3. The predicted molar refractivity (Wildman–Crippen MR) is 136 cm³/mol. The standard InChI is InChI=1S/C27H36N4O3/c1-32-24-7-5-4-6-23(24)31-14-12-30(13-15-31)11-10-28-27-18-21-20-17-26(34-3)25(33-2)16-19(20)8-9-22(21)29-27/h4-7,16-17,21-22H,8-15,18H2,1-3H3,(H,28,29). The molecule has 2 aliphatic heterocycles. The van der Waals surface area contributed by atoms with Gasteiger partial charge in [-0.15, -0.1) is 0 Å². The van der Waals surface area contributed by atoms with E-state index in [1.165, 1.54) is 16.8 Å². The molecule has 2 aromatic carbocycles. The molecule has 0 aromatic heterocycles. The average molecular weight is 465 g/mol. The Balaban J connectivity index is 1.15. The van der Waals surface area contributed by atoms with E-state index in [-0.39, 0.29) is 0 Å². The molecular formula is C27H36N4O3. The summed E-state index contributed by atoms with van der Waals surface area (Å²) in [5, 5.41) is 3.72. The van der Waals surface area contributed by atoms with Crippen LogP contribution in [-0.4, -0.2) is 77.4 Å². The highest BCUT2D eigenvalue weighted by molar-refractivity contribution is 5.86. The van der Waals surface area contributed by atoms with Crippen LogP contribution in [0.1, 0.15) is 29.9 Å². The second-order valence-electron chi connectivity index (χ2n) is 9.34. The number of nitrogens with one attached hydrogen (secondary N) is 1. The first kappa shape index (κ1) is 22.8. The summed E-state index contributed by atoms with van der Waals surface area (Å²) in [6, 6.07) is 13.1. The summed E-state index contributed by atoms with van der Waals surface area (Å²) in [6.07, 6.45) is 3.18. The van der Waals surface area contributed by atoms with Gasteiger partial charge in [-0.25, -0.2) is 0 Å². The number of hydrogen-bond donors (Lipinski definition) is 1. The van der Waals surface area contributed by atoms with Crippen molar-refractivity contribution in [3.8, 4) is 17.2 Å². The predicted octanol–water partition coefficient (Wildman–Crippen LogP) is 3.32. The van der Waals surface area contributed by atoms with Crippen LogP contribution >= 0.6 is 0 Å². The van der Waals surface area contributed by atoms with E-state index in [9.17, 15) is 0 Å². The van der Waals surface area contributed by atoms with Crippen LogP contribution in [0.15, 0.2) is 41.4 Å². The van der Waals surface area contributed by atoms with Crippen LogP contribution in [0.25, 0.3) is 0 Å². The molecule has 5 rings (SSSR count). The highest BCUT2D eigenvalue weighted by atomic mass is 16.5. The quantitative estimate of drug-likeness (QED) is 0.679. The Labute approximate surface area is 202 Å². The van der Waals surface area contributed by atoms with Gasteiger partial charge in [0, 0.05) is 51.1 Å². The number of methoxy groups -OCH3 is 3. The van der Waals surface area contributed by atoms with Gasteiger partial charge in [0.2, 0.25) is 0 Å². The van der Waals surface area contributed by atoms with Gasteiger partial charge in [0.1, 0.15) is 5.75 Å². The van der Waals surface area contributed by atoms with Gasteiger partial charge in [-0.3, -0.25) is 9.89 Å². The number of benzene rings is 2. The summed E-state index contributed by atoms with van der Waals surface area (Å²) in [5.41, 5.74) is 3.96. The summed E-state index contributed by atoms with van der Waals surface area (Å²) < 4.78 is 16.6. The molecule has 2 unspecified atom stereocenters. The number of piperazine rings is 1. The van der Waals surface area contributed by atoms with E-state index in [2.05, 4.69) is 39.4 Å². The lowest BCUT2D eigenvalue weighted by molar-refractivity contribution is 0.264. The van der Waals surface area contributed by atoms with Gasteiger partial charge in [-0.05, 0) is 48.2 Å². The third-order valence-electron chi connectivity index (χ3n) is 7.54. The van der Waals surface area contributed by atoms with Crippen LogP contribution < -0.4 is 24.4 Å². The summed E-state index contributed by atoms with van der Waals surface area (Å²) in [6.45, 7) is 5.98. The lowest BCUT2D eigenvalue weighted by atomic mass is 9.79. The zero-order chi connectivity index (χ0) is 23.5. The van der Waals surface area contributed by atoms with Gasteiger partial charge < -0.3 is 24.4 Å². The number of nitrogens with zero attached hydrogens (tertiary/aromatic N) is 3. The van der Waals surface area contributed by atoms with Crippen LogP contribution in [0, 0.1) is 0 Å². The molecule has 2 heterocycles. The SMILES string of the molecule is COc1cc2c(cc1OC)C1CC(=NCCN3CCN(c4ccccc4OC)CC3)NC1CC2. The van der Waals surface area contributed by atoms with Crippen molar-refractivity contribution in [1.29, 1.82) is 0 Å². The molecule has 2 aromatic rings. The van der Waals surface area contributed by atoms with Crippen molar-refractivity contribution in [2.24, 2.45) is 4.99 Å². The number of aryl methyl sites for hydroxylation is 1. The van der Waals surface area contributed by atoms with E-state index in [0.717, 1.165) is 81.6 Å². The average Bonchev–Trinajstić information content (AvgIpc) is 3.31. The molecule has 2 fully saturated rings. The van der Waals surface area contributed by atoms with Crippen LogP contribution in [0.3, 0.4) is 0 Å². The molecule has 7 heteroatoms. The lowest BCUT2D eigenvalue weighted by Gasteiger charge is -2.36. The number of hydrogen-bond acceptors (Lipinski definition) is 6. The molecule has 2 atom stereocenters. The Morgan fingerprint density at radius 3 is 2.44 bits per heavy atom. The first-order valence-electron chi connectivity index (χ1n) is 12.3. The molecule has 7 nitrogen and oxygen atoms in total. The highest BCUT2D eigenvalue weighted by Crippen LogP contribution is 2.42. The van der Waals surface area contributed by atoms with Crippen molar-refractivity contribution in [2.75, 3.05) is 65.5 Å². The van der Waals surface area contributed by atoms with E-state index in [1.807, 2.05) is 12.1 Å². The summed E-state index contributed by atoms with van der Waals surface area (Å²) in [4.78, 5) is 9.91. The van der Waals surface area contributed by atoms with Gasteiger partial charge in [0.25, 0.3) is 0 Å². The molecule has 2 saturated heterocycles. The van der Waals surface area contributed by atoms with E-state index in [0.29, 0.717) is 12.0 Å².